The summed E-state index contributed by atoms with van der Waals surface area (Å²) < 4.78 is 0. The summed E-state index contributed by atoms with van der Waals surface area (Å²) in [6.45, 7) is 6.54. The highest BCUT2D eigenvalue weighted by atomic mass is 16.2. The molecule has 0 bridgehead atoms. The van der Waals surface area contributed by atoms with Gasteiger partial charge in [-0.3, -0.25) is 9.59 Å². The van der Waals surface area contributed by atoms with Crippen molar-refractivity contribution in [2.24, 2.45) is 0 Å². The van der Waals surface area contributed by atoms with Crippen LogP contribution >= 0.6 is 0 Å². The number of nitrogens with one attached hydrogen (secondary N) is 1. The molecule has 166 valence electrons. The van der Waals surface area contributed by atoms with E-state index in [1.165, 1.54) is 36.0 Å². The summed E-state index contributed by atoms with van der Waals surface area (Å²) in [7, 11) is 0. The molecule has 0 saturated heterocycles. The van der Waals surface area contributed by atoms with Gasteiger partial charge >= 0.3 is 0 Å². The molecule has 0 unspecified atom stereocenters. The summed E-state index contributed by atoms with van der Waals surface area (Å²) >= 11 is 0. The third-order valence-electron chi connectivity index (χ3n) is 6.53. The van der Waals surface area contributed by atoms with Crippen molar-refractivity contribution in [1.82, 2.24) is 10.2 Å². The summed E-state index contributed by atoms with van der Waals surface area (Å²) in [6.07, 6.45) is 6.72. The Bertz CT molecular complexity index is 872. The summed E-state index contributed by atoms with van der Waals surface area (Å²) in [5, 5.41) is 3.20. The lowest BCUT2D eigenvalue weighted by molar-refractivity contribution is -0.139. The summed E-state index contributed by atoms with van der Waals surface area (Å²) in [6, 6.07) is 16.1. The molecule has 0 radical (unpaired) electrons. The molecule has 2 aromatic carbocycles. The third-order valence-corrected chi connectivity index (χ3v) is 6.53. The van der Waals surface area contributed by atoms with Crippen LogP contribution in [0.25, 0.3) is 0 Å². The van der Waals surface area contributed by atoms with Gasteiger partial charge in [-0.05, 0) is 62.3 Å². The number of hydrogen-bond acceptors (Lipinski definition) is 2. The van der Waals surface area contributed by atoms with E-state index in [1.54, 1.807) is 4.90 Å². The van der Waals surface area contributed by atoms with Crippen LogP contribution < -0.4 is 5.32 Å². The van der Waals surface area contributed by atoms with Gasteiger partial charge in [-0.25, -0.2) is 0 Å². The molecule has 2 amide bonds. The number of rotatable bonds is 8. The summed E-state index contributed by atoms with van der Waals surface area (Å²) in [5.74, 6) is -0.0288. The van der Waals surface area contributed by atoms with Gasteiger partial charge in [-0.2, -0.15) is 0 Å². The largest absolute Gasteiger partial charge is 0.352 e. The number of benzene rings is 2. The number of nitrogens with zero attached hydrogens (tertiary/aromatic N) is 1. The number of hydrogen-bond donors (Lipinski definition) is 1. The van der Waals surface area contributed by atoms with Crippen LogP contribution in [-0.4, -0.2) is 35.3 Å². The highest BCUT2D eigenvalue weighted by molar-refractivity contribution is 5.88. The molecule has 1 atom stereocenters. The fourth-order valence-electron chi connectivity index (χ4n) is 4.33. The molecule has 4 heteroatoms. The van der Waals surface area contributed by atoms with Crippen LogP contribution in [0, 0.1) is 13.8 Å². The van der Waals surface area contributed by atoms with Gasteiger partial charge in [0.2, 0.25) is 11.8 Å². The van der Waals surface area contributed by atoms with Crippen LogP contribution in [0.4, 0.5) is 0 Å². The molecule has 0 aromatic heterocycles. The molecule has 1 saturated carbocycles. The molecule has 1 aliphatic carbocycles. The standard InChI is InChI=1S/C27H36N2O2/c1-20-14-15-24(18-21(20)2)19-26(30)29(17-16-23-10-6-4-7-11-23)22(3)27(31)28-25-12-8-5-9-13-25/h4,6-7,10-11,14-15,18,22,25H,5,8-9,12-13,16-17,19H2,1-3H3,(H,28,31)/t22-/m0/s1. The smallest absolute Gasteiger partial charge is 0.242 e. The quantitative estimate of drug-likeness (QED) is 0.670. The number of carbonyl (C=O) groups excluding carboxylic acids is 2. The lowest BCUT2D eigenvalue weighted by atomic mass is 9.95. The van der Waals surface area contributed by atoms with Gasteiger partial charge < -0.3 is 10.2 Å². The first-order valence-corrected chi connectivity index (χ1v) is 11.6. The predicted octanol–water partition coefficient (Wildman–Crippen LogP) is 4.75. The van der Waals surface area contributed by atoms with Gasteiger partial charge in [-0.15, -0.1) is 0 Å². The Morgan fingerprint density at radius 2 is 1.68 bits per heavy atom. The van der Waals surface area contributed by atoms with Crippen LogP contribution in [0.3, 0.4) is 0 Å². The molecule has 31 heavy (non-hydrogen) atoms. The van der Waals surface area contributed by atoms with Gasteiger partial charge in [0.1, 0.15) is 6.04 Å². The van der Waals surface area contributed by atoms with E-state index >= 15 is 0 Å². The zero-order chi connectivity index (χ0) is 22.2. The lowest BCUT2D eigenvalue weighted by Crippen LogP contribution is -2.51. The van der Waals surface area contributed by atoms with E-state index in [0.29, 0.717) is 13.0 Å². The molecule has 0 spiro atoms. The fraction of sp³-hybridized carbons (Fsp3) is 0.481. The second-order valence-electron chi connectivity index (χ2n) is 8.94. The zero-order valence-corrected chi connectivity index (χ0v) is 19.2. The summed E-state index contributed by atoms with van der Waals surface area (Å²) in [5.41, 5.74) is 4.57. The first-order chi connectivity index (χ1) is 14.9. The Balaban J connectivity index is 1.71. The highest BCUT2D eigenvalue weighted by Crippen LogP contribution is 2.18. The topological polar surface area (TPSA) is 49.4 Å². The Morgan fingerprint density at radius 3 is 2.35 bits per heavy atom. The van der Waals surface area contributed by atoms with Gasteiger partial charge in [0.05, 0.1) is 6.42 Å². The Labute approximate surface area is 187 Å². The highest BCUT2D eigenvalue weighted by Gasteiger charge is 2.27. The van der Waals surface area contributed by atoms with E-state index in [-0.39, 0.29) is 17.9 Å². The van der Waals surface area contributed by atoms with Gasteiger partial charge in [-0.1, -0.05) is 67.8 Å². The molecular formula is C27H36N2O2. The molecule has 0 aliphatic heterocycles. The monoisotopic (exact) mass is 420 g/mol. The van der Waals surface area contributed by atoms with Crippen LogP contribution in [0.5, 0.6) is 0 Å². The van der Waals surface area contributed by atoms with Crippen molar-refractivity contribution >= 4 is 11.8 Å². The average Bonchev–Trinajstić information content (AvgIpc) is 2.77. The van der Waals surface area contributed by atoms with E-state index in [1.807, 2.05) is 31.2 Å². The van der Waals surface area contributed by atoms with Crippen molar-refractivity contribution in [1.29, 1.82) is 0 Å². The minimum absolute atomic E-state index is 0.00507. The van der Waals surface area contributed by atoms with Crippen molar-refractivity contribution in [2.75, 3.05) is 6.54 Å². The fourth-order valence-corrected chi connectivity index (χ4v) is 4.33. The minimum atomic E-state index is -0.482. The first-order valence-electron chi connectivity index (χ1n) is 11.6. The molecule has 0 heterocycles. The molecule has 3 rings (SSSR count). The Hall–Kier alpha value is -2.62. The van der Waals surface area contributed by atoms with Gasteiger partial charge in [0.25, 0.3) is 0 Å². The first kappa shape index (κ1) is 23.1. The van der Waals surface area contributed by atoms with E-state index < -0.39 is 6.04 Å². The van der Waals surface area contributed by atoms with E-state index in [0.717, 1.165) is 24.8 Å². The van der Waals surface area contributed by atoms with Crippen molar-refractivity contribution in [3.05, 3.63) is 70.8 Å². The zero-order valence-electron chi connectivity index (χ0n) is 19.2. The van der Waals surface area contributed by atoms with E-state index in [2.05, 4.69) is 43.4 Å². The minimum Gasteiger partial charge on any atom is -0.352 e. The number of amides is 2. The van der Waals surface area contributed by atoms with Crippen molar-refractivity contribution in [3.8, 4) is 0 Å². The Kier molecular flexibility index (Phi) is 8.27. The van der Waals surface area contributed by atoms with Crippen LogP contribution in [0.2, 0.25) is 0 Å². The normalized spacial score (nSPS) is 15.3. The van der Waals surface area contributed by atoms with E-state index in [4.69, 9.17) is 0 Å². The van der Waals surface area contributed by atoms with Gasteiger partial charge in [0.15, 0.2) is 0 Å². The molecule has 1 N–H and O–H groups in total. The maximum atomic E-state index is 13.3. The molecule has 1 aliphatic rings. The molecule has 2 aromatic rings. The van der Waals surface area contributed by atoms with Gasteiger partial charge in [0, 0.05) is 12.6 Å². The lowest BCUT2D eigenvalue weighted by Gasteiger charge is -2.31. The van der Waals surface area contributed by atoms with Crippen molar-refractivity contribution < 1.29 is 9.59 Å². The Morgan fingerprint density at radius 1 is 0.968 bits per heavy atom. The van der Waals surface area contributed by atoms with E-state index in [9.17, 15) is 9.59 Å². The summed E-state index contributed by atoms with van der Waals surface area (Å²) in [4.78, 5) is 28.1. The number of carbonyl (C=O) groups is 2. The molecule has 4 nitrogen and oxygen atoms in total. The second kappa shape index (κ2) is 11.1. The molecule has 1 fully saturated rings. The third kappa shape index (κ3) is 6.68. The SMILES string of the molecule is Cc1ccc(CC(=O)N(CCc2ccccc2)[C@@H](C)C(=O)NC2CCCCC2)cc1C. The van der Waals surface area contributed by atoms with Crippen LogP contribution in [0.1, 0.15) is 61.3 Å². The predicted molar refractivity (Wildman–Crippen MR) is 126 cm³/mol. The van der Waals surface area contributed by atoms with Crippen LogP contribution in [0.15, 0.2) is 48.5 Å². The number of aryl methyl sites for hydroxylation is 2. The van der Waals surface area contributed by atoms with Crippen LogP contribution in [-0.2, 0) is 22.4 Å². The van der Waals surface area contributed by atoms with Crippen molar-refractivity contribution in [3.63, 3.8) is 0 Å². The molecular weight excluding hydrogens is 384 g/mol. The maximum Gasteiger partial charge on any atom is 0.242 e. The second-order valence-corrected chi connectivity index (χ2v) is 8.94. The van der Waals surface area contributed by atoms with Crippen molar-refractivity contribution in [2.45, 2.75) is 77.8 Å². The average molecular weight is 421 g/mol. The maximum absolute atomic E-state index is 13.3.